The van der Waals surface area contributed by atoms with Gasteiger partial charge in [0.2, 0.25) is 11.8 Å². The van der Waals surface area contributed by atoms with Crippen LogP contribution in [0.3, 0.4) is 0 Å². The fraction of sp³-hybridized carbons (Fsp3) is 0.350. The maximum atomic E-state index is 14.2. The molecule has 4 aromatic carbocycles. The molecule has 13 heteroatoms. The van der Waals surface area contributed by atoms with Crippen LogP contribution in [0.4, 0.5) is 56.1 Å². The van der Waals surface area contributed by atoms with Crippen molar-refractivity contribution in [2.45, 2.75) is 70.6 Å². The van der Waals surface area contributed by atoms with E-state index in [0.717, 1.165) is 29.8 Å². The highest BCUT2D eigenvalue weighted by molar-refractivity contribution is 6.01. The van der Waals surface area contributed by atoms with Crippen molar-refractivity contribution in [3.63, 3.8) is 0 Å². The number of hydrogen-bond donors (Lipinski definition) is 4. The summed E-state index contributed by atoms with van der Waals surface area (Å²) >= 11 is 0. The lowest BCUT2D eigenvalue weighted by Crippen LogP contribution is -2.41. The van der Waals surface area contributed by atoms with E-state index in [1.54, 1.807) is 12.1 Å². The molecular weight excluding hydrogens is 691 g/mol. The lowest BCUT2D eigenvalue weighted by Gasteiger charge is -2.26. The largest absolute Gasteiger partial charge is 0.416 e. The molecule has 2 aliphatic heterocycles. The summed E-state index contributed by atoms with van der Waals surface area (Å²) in [6.07, 6.45) is 0.582. The number of nitrogens with zero attached hydrogens (tertiary/aromatic N) is 2. The van der Waals surface area contributed by atoms with Gasteiger partial charge in [-0.1, -0.05) is 63.9 Å². The molecule has 2 unspecified atom stereocenters. The molecule has 6 N–H and O–H groups in total. The molecule has 4 aromatic rings. The number of rotatable bonds is 5. The van der Waals surface area contributed by atoms with Gasteiger partial charge in [0.1, 0.15) is 35.1 Å². The van der Waals surface area contributed by atoms with Crippen LogP contribution in [-0.2, 0) is 15.8 Å². The van der Waals surface area contributed by atoms with Gasteiger partial charge in [-0.25, -0.2) is 8.78 Å². The molecule has 8 nitrogen and oxygen atoms in total. The summed E-state index contributed by atoms with van der Waals surface area (Å²) in [5, 5.41) is 4.99. The molecule has 1 saturated carbocycles. The van der Waals surface area contributed by atoms with Crippen molar-refractivity contribution < 1.29 is 31.5 Å². The Balaban J connectivity index is 0.000000178. The topological polar surface area (TPSA) is 117 Å². The number of alkyl halides is 3. The minimum Gasteiger partial charge on any atom is -0.338 e. The first kappa shape index (κ1) is 39.2. The third kappa shape index (κ3) is 9.51. The molecule has 2 amide bonds. The third-order valence-electron chi connectivity index (χ3n) is 9.60. The molecule has 0 bridgehead atoms. The molecule has 1 fully saturated rings. The standard InChI is InChI=1S/C18H18FN3O.C16H13F4N3O.C6H14/c19-14-5-2-6-16-17(14)21-18(23)15(20)10-22(16)13-4-1-3-12(9-13)11-7-8-11;17-11-5-2-6-13-14(11)22-15(24)12(21)8-23(13)10-4-1-3-9(7-10)16(18,19)20;1-4-6(3)5-2/h1-6,9,11,15H,7-8,10,20H2,(H,21,23);1-7,12H,8,21H2,(H,22,24);6H,4-5H2,1-3H3. The fourth-order valence-electron chi connectivity index (χ4n) is 5.90. The van der Waals surface area contributed by atoms with Crippen molar-refractivity contribution in [2.75, 3.05) is 33.5 Å². The molecule has 2 atom stereocenters. The third-order valence-corrected chi connectivity index (χ3v) is 9.60. The number of nitrogens with one attached hydrogen (secondary N) is 2. The summed E-state index contributed by atoms with van der Waals surface area (Å²) < 4.78 is 67.1. The Kier molecular flexibility index (Phi) is 12.4. The van der Waals surface area contributed by atoms with Crippen LogP contribution in [0.15, 0.2) is 84.9 Å². The Bertz CT molecular complexity index is 1910. The number of carbonyl (C=O) groups is 2. The number of benzene rings is 4. The van der Waals surface area contributed by atoms with E-state index in [4.69, 9.17) is 11.5 Å². The predicted molar refractivity (Wildman–Crippen MR) is 200 cm³/mol. The van der Waals surface area contributed by atoms with E-state index >= 15 is 0 Å². The van der Waals surface area contributed by atoms with E-state index in [9.17, 15) is 31.5 Å². The fourth-order valence-corrected chi connectivity index (χ4v) is 5.90. The number of anilines is 6. The van der Waals surface area contributed by atoms with Gasteiger partial charge in [0, 0.05) is 24.5 Å². The highest BCUT2D eigenvalue weighted by Crippen LogP contribution is 2.43. The molecule has 0 radical (unpaired) electrons. The molecule has 7 rings (SSSR count). The molecule has 0 spiro atoms. The average Bonchev–Trinajstić information content (AvgIpc) is 4.02. The first-order valence-electron chi connectivity index (χ1n) is 17.7. The van der Waals surface area contributed by atoms with Crippen LogP contribution < -0.4 is 31.9 Å². The summed E-state index contributed by atoms with van der Waals surface area (Å²) in [6.45, 7) is 6.97. The number of hydrogen-bond acceptors (Lipinski definition) is 6. The van der Waals surface area contributed by atoms with Gasteiger partial charge in [-0.2, -0.15) is 13.2 Å². The van der Waals surface area contributed by atoms with E-state index in [2.05, 4.69) is 43.5 Å². The van der Waals surface area contributed by atoms with Crippen LogP contribution in [0.25, 0.3) is 0 Å². The van der Waals surface area contributed by atoms with Gasteiger partial charge in [0.05, 0.1) is 16.9 Å². The number of amides is 2. The smallest absolute Gasteiger partial charge is 0.338 e. The molecule has 3 aliphatic rings. The van der Waals surface area contributed by atoms with Gasteiger partial charge in [0.15, 0.2) is 0 Å². The number of para-hydroxylation sites is 2. The van der Waals surface area contributed by atoms with E-state index < -0.39 is 41.4 Å². The van der Waals surface area contributed by atoms with E-state index in [-0.39, 0.29) is 35.2 Å². The Morgan fingerprint density at radius 3 is 1.60 bits per heavy atom. The van der Waals surface area contributed by atoms with Crippen molar-refractivity contribution in [1.82, 2.24) is 0 Å². The summed E-state index contributed by atoms with van der Waals surface area (Å²) in [4.78, 5) is 27.3. The number of nitrogens with two attached hydrogens (primary N) is 2. The van der Waals surface area contributed by atoms with Crippen LogP contribution >= 0.6 is 0 Å². The molecule has 0 saturated heterocycles. The molecule has 282 valence electrons. The Morgan fingerprint density at radius 1 is 0.717 bits per heavy atom. The number of halogens is 5. The van der Waals surface area contributed by atoms with Gasteiger partial charge in [-0.3, -0.25) is 9.59 Å². The summed E-state index contributed by atoms with van der Waals surface area (Å²) in [5.41, 5.74) is 14.3. The van der Waals surface area contributed by atoms with Crippen molar-refractivity contribution >= 4 is 45.9 Å². The first-order valence-corrected chi connectivity index (χ1v) is 17.7. The van der Waals surface area contributed by atoms with Crippen LogP contribution in [-0.4, -0.2) is 37.0 Å². The Labute approximate surface area is 306 Å². The lowest BCUT2D eigenvalue weighted by atomic mass is 10.1. The maximum Gasteiger partial charge on any atom is 0.416 e. The van der Waals surface area contributed by atoms with Gasteiger partial charge in [-0.05, 0) is 84.8 Å². The van der Waals surface area contributed by atoms with E-state index in [1.807, 2.05) is 17.0 Å². The number of fused-ring (bicyclic) bond motifs is 2. The second-order valence-electron chi connectivity index (χ2n) is 13.5. The average molecular weight is 737 g/mol. The highest BCUT2D eigenvalue weighted by Gasteiger charge is 2.33. The van der Waals surface area contributed by atoms with Gasteiger partial charge in [-0.15, -0.1) is 0 Å². The van der Waals surface area contributed by atoms with Crippen LogP contribution in [0.1, 0.15) is 63.5 Å². The normalized spacial score (nSPS) is 18.2. The zero-order chi connectivity index (χ0) is 38.4. The van der Waals surface area contributed by atoms with Crippen LogP contribution in [0.2, 0.25) is 0 Å². The quantitative estimate of drug-likeness (QED) is 0.152. The van der Waals surface area contributed by atoms with E-state index in [1.165, 1.54) is 66.5 Å². The van der Waals surface area contributed by atoms with Gasteiger partial charge in [0.25, 0.3) is 0 Å². The van der Waals surface area contributed by atoms with Gasteiger partial charge < -0.3 is 31.9 Å². The highest BCUT2D eigenvalue weighted by atomic mass is 19.4. The zero-order valence-electron chi connectivity index (χ0n) is 29.9. The minimum absolute atomic E-state index is 0.0798. The summed E-state index contributed by atoms with van der Waals surface area (Å²) in [7, 11) is 0. The van der Waals surface area contributed by atoms with Crippen molar-refractivity contribution in [1.29, 1.82) is 0 Å². The Hall–Kier alpha value is -5.01. The predicted octanol–water partition coefficient (Wildman–Crippen LogP) is 8.83. The van der Waals surface area contributed by atoms with Gasteiger partial charge >= 0.3 is 6.18 Å². The monoisotopic (exact) mass is 736 g/mol. The van der Waals surface area contributed by atoms with Crippen molar-refractivity contribution in [3.8, 4) is 0 Å². The SMILES string of the molecule is CCC(C)CC.NC1CN(c2cccc(C(F)(F)F)c2)c2cccc(F)c2NC1=O.NC1CN(c2cccc(C3CC3)c2)c2cccc(F)c2NC1=O. The second kappa shape index (κ2) is 16.8. The lowest BCUT2D eigenvalue weighted by molar-refractivity contribution is -0.137. The molecule has 2 heterocycles. The summed E-state index contributed by atoms with van der Waals surface area (Å²) in [6, 6.07) is 19.9. The molecule has 0 aromatic heterocycles. The van der Waals surface area contributed by atoms with Crippen LogP contribution in [0.5, 0.6) is 0 Å². The summed E-state index contributed by atoms with van der Waals surface area (Å²) in [5.74, 6) is -0.541. The van der Waals surface area contributed by atoms with Crippen molar-refractivity contribution in [3.05, 3.63) is 108 Å². The molecule has 53 heavy (non-hydrogen) atoms. The molecule has 1 aliphatic carbocycles. The minimum atomic E-state index is -4.51. The van der Waals surface area contributed by atoms with Crippen LogP contribution in [0, 0.1) is 17.6 Å². The first-order chi connectivity index (χ1) is 25.2. The second-order valence-corrected chi connectivity index (χ2v) is 13.5. The van der Waals surface area contributed by atoms with E-state index in [0.29, 0.717) is 18.2 Å². The molecular formula is C40H45F5N6O2. The van der Waals surface area contributed by atoms with Crippen molar-refractivity contribution in [2.24, 2.45) is 17.4 Å². The Morgan fingerprint density at radius 2 is 1.17 bits per heavy atom. The zero-order valence-corrected chi connectivity index (χ0v) is 29.9. The number of carbonyl (C=O) groups excluding carboxylic acids is 2. The maximum absolute atomic E-state index is 14.2.